The number of nitrogens with zero attached hydrogens (tertiary/aromatic N) is 3. The van der Waals surface area contributed by atoms with Crippen molar-refractivity contribution in [2.75, 3.05) is 13.1 Å². The van der Waals surface area contributed by atoms with Gasteiger partial charge in [-0.1, -0.05) is 6.07 Å². The molecule has 28 heavy (non-hydrogen) atoms. The summed E-state index contributed by atoms with van der Waals surface area (Å²) in [4.78, 5) is 23.0. The first kappa shape index (κ1) is 17.5. The third-order valence-corrected chi connectivity index (χ3v) is 6.47. The van der Waals surface area contributed by atoms with Gasteiger partial charge in [0.15, 0.2) is 0 Å². The molecule has 1 amide bonds. The number of imidazole rings is 1. The fourth-order valence-corrected chi connectivity index (χ4v) is 4.52. The Morgan fingerprint density at radius 1 is 1.14 bits per heavy atom. The van der Waals surface area contributed by atoms with Crippen LogP contribution in [0.25, 0.3) is 10.9 Å². The average molecular weight is 377 g/mol. The van der Waals surface area contributed by atoms with Crippen LogP contribution in [0.3, 0.4) is 0 Å². The summed E-state index contributed by atoms with van der Waals surface area (Å²) >= 11 is 0. The third-order valence-electron chi connectivity index (χ3n) is 6.47. The molecule has 5 heteroatoms. The van der Waals surface area contributed by atoms with Crippen LogP contribution in [-0.4, -0.2) is 38.4 Å². The fraction of sp³-hybridized carbons (Fsp3) is 0.478. The van der Waals surface area contributed by atoms with Crippen molar-refractivity contribution in [2.45, 2.75) is 45.6 Å². The molecule has 3 aromatic rings. The van der Waals surface area contributed by atoms with Crippen LogP contribution in [0.1, 0.15) is 47.6 Å². The van der Waals surface area contributed by atoms with E-state index in [0.29, 0.717) is 5.92 Å². The molecule has 0 radical (unpaired) electrons. The van der Waals surface area contributed by atoms with E-state index in [0.717, 1.165) is 61.3 Å². The fourth-order valence-electron chi connectivity index (χ4n) is 4.52. The van der Waals surface area contributed by atoms with Crippen molar-refractivity contribution in [3.8, 4) is 0 Å². The molecule has 0 spiro atoms. The lowest BCUT2D eigenvalue weighted by Gasteiger charge is -2.32. The molecule has 1 aromatic carbocycles. The molecule has 5 nitrogen and oxygen atoms in total. The van der Waals surface area contributed by atoms with Crippen molar-refractivity contribution in [1.82, 2.24) is 19.4 Å². The summed E-state index contributed by atoms with van der Waals surface area (Å²) in [6.07, 6.45) is 9.81. The first-order chi connectivity index (χ1) is 13.7. The molecule has 2 aromatic heterocycles. The van der Waals surface area contributed by atoms with Gasteiger partial charge in [-0.15, -0.1) is 0 Å². The number of benzene rings is 1. The van der Waals surface area contributed by atoms with E-state index in [1.54, 1.807) is 0 Å². The summed E-state index contributed by atoms with van der Waals surface area (Å²) in [5, 5.41) is 1.02. The van der Waals surface area contributed by atoms with E-state index >= 15 is 0 Å². The van der Waals surface area contributed by atoms with Crippen molar-refractivity contribution in [3.63, 3.8) is 0 Å². The topological polar surface area (TPSA) is 53.9 Å². The van der Waals surface area contributed by atoms with Crippen LogP contribution in [0.4, 0.5) is 0 Å². The molecular weight excluding hydrogens is 348 g/mol. The molecule has 3 heterocycles. The number of nitrogens with one attached hydrogen (secondary N) is 1. The van der Waals surface area contributed by atoms with Crippen molar-refractivity contribution >= 4 is 16.8 Å². The number of amides is 1. The predicted molar refractivity (Wildman–Crippen MR) is 110 cm³/mol. The smallest absolute Gasteiger partial charge is 0.254 e. The van der Waals surface area contributed by atoms with E-state index in [1.165, 1.54) is 24.4 Å². The maximum Gasteiger partial charge on any atom is 0.254 e. The van der Waals surface area contributed by atoms with E-state index in [2.05, 4.69) is 16.5 Å². The molecule has 0 atom stereocenters. The Hall–Kier alpha value is -2.56. The molecule has 5 rings (SSSR count). The zero-order valence-corrected chi connectivity index (χ0v) is 16.5. The number of carbonyl (C=O) groups is 1. The van der Waals surface area contributed by atoms with Gasteiger partial charge in [-0.25, -0.2) is 4.98 Å². The summed E-state index contributed by atoms with van der Waals surface area (Å²) in [6, 6.07) is 7.92. The van der Waals surface area contributed by atoms with Gasteiger partial charge in [-0.2, -0.15) is 0 Å². The van der Waals surface area contributed by atoms with Gasteiger partial charge < -0.3 is 14.5 Å². The van der Waals surface area contributed by atoms with Crippen LogP contribution in [0.2, 0.25) is 0 Å². The number of rotatable bonds is 5. The minimum absolute atomic E-state index is 0.162. The van der Waals surface area contributed by atoms with E-state index in [9.17, 15) is 4.79 Å². The van der Waals surface area contributed by atoms with Crippen LogP contribution < -0.4 is 0 Å². The second kappa shape index (κ2) is 7.12. The Kier molecular flexibility index (Phi) is 4.46. The first-order valence-electron chi connectivity index (χ1n) is 10.6. The van der Waals surface area contributed by atoms with Gasteiger partial charge in [0, 0.05) is 60.6 Å². The lowest BCUT2D eigenvalue weighted by Crippen LogP contribution is -2.39. The molecule has 2 aliphatic rings. The number of carbonyl (C=O) groups excluding carboxylic acids is 1. The minimum Gasteiger partial charge on any atom is -0.361 e. The Morgan fingerprint density at radius 3 is 2.75 bits per heavy atom. The molecule has 0 unspecified atom stereocenters. The van der Waals surface area contributed by atoms with Gasteiger partial charge in [0.25, 0.3) is 5.91 Å². The number of piperidine rings is 1. The largest absolute Gasteiger partial charge is 0.361 e. The molecule has 0 bridgehead atoms. The van der Waals surface area contributed by atoms with Gasteiger partial charge in [0.05, 0.1) is 0 Å². The van der Waals surface area contributed by atoms with Gasteiger partial charge in [0.2, 0.25) is 0 Å². The van der Waals surface area contributed by atoms with Crippen molar-refractivity contribution in [1.29, 1.82) is 0 Å². The van der Waals surface area contributed by atoms with Gasteiger partial charge in [-0.3, -0.25) is 4.79 Å². The van der Waals surface area contributed by atoms with Gasteiger partial charge in [0.1, 0.15) is 5.82 Å². The highest BCUT2D eigenvalue weighted by Gasteiger charge is 2.27. The third kappa shape index (κ3) is 3.34. The van der Waals surface area contributed by atoms with E-state index < -0.39 is 0 Å². The molecule has 1 N–H and O–H groups in total. The lowest BCUT2D eigenvalue weighted by atomic mass is 9.92. The van der Waals surface area contributed by atoms with Crippen LogP contribution in [0.15, 0.2) is 36.7 Å². The van der Waals surface area contributed by atoms with Gasteiger partial charge in [-0.05, 0) is 62.6 Å². The summed E-state index contributed by atoms with van der Waals surface area (Å²) in [6.45, 7) is 4.99. The normalized spacial score (nSPS) is 18.1. The Labute approximate surface area is 165 Å². The quantitative estimate of drug-likeness (QED) is 0.726. The molecular formula is C23H28N4O. The van der Waals surface area contributed by atoms with Crippen molar-refractivity contribution in [3.05, 3.63) is 53.7 Å². The summed E-state index contributed by atoms with van der Waals surface area (Å²) in [5.74, 6) is 2.88. The summed E-state index contributed by atoms with van der Waals surface area (Å²) in [7, 11) is 0. The SMILES string of the molecule is Cc1cnc(CC2CCN(C(=O)c3cccc4[nH]ccc34)CC2)n1CC1CC1. The van der Waals surface area contributed by atoms with E-state index in [1.807, 2.05) is 41.6 Å². The first-order valence-corrected chi connectivity index (χ1v) is 10.6. The second-order valence-corrected chi connectivity index (χ2v) is 8.55. The van der Waals surface area contributed by atoms with Crippen molar-refractivity contribution in [2.24, 2.45) is 11.8 Å². The van der Waals surface area contributed by atoms with Crippen LogP contribution in [0, 0.1) is 18.8 Å². The number of aryl methyl sites for hydroxylation is 1. The molecule has 1 saturated heterocycles. The number of likely N-dealkylation sites (tertiary alicyclic amines) is 1. The van der Waals surface area contributed by atoms with E-state index in [4.69, 9.17) is 4.98 Å². The molecule has 1 aliphatic heterocycles. The predicted octanol–water partition coefficient (Wildman–Crippen LogP) is 4.18. The maximum absolute atomic E-state index is 13.1. The highest BCUT2D eigenvalue weighted by molar-refractivity contribution is 6.06. The molecule has 1 aliphatic carbocycles. The van der Waals surface area contributed by atoms with Gasteiger partial charge >= 0.3 is 0 Å². The Morgan fingerprint density at radius 2 is 1.96 bits per heavy atom. The lowest BCUT2D eigenvalue weighted by molar-refractivity contribution is 0.0691. The number of aromatic amines is 1. The number of aromatic nitrogens is 3. The van der Waals surface area contributed by atoms with Crippen LogP contribution in [-0.2, 0) is 13.0 Å². The number of hydrogen-bond donors (Lipinski definition) is 1. The summed E-state index contributed by atoms with van der Waals surface area (Å²) < 4.78 is 2.43. The highest BCUT2D eigenvalue weighted by atomic mass is 16.2. The zero-order valence-electron chi connectivity index (χ0n) is 16.5. The highest BCUT2D eigenvalue weighted by Crippen LogP contribution is 2.32. The monoisotopic (exact) mass is 376 g/mol. The number of H-pyrrole nitrogens is 1. The Balaban J connectivity index is 1.23. The summed E-state index contributed by atoms with van der Waals surface area (Å²) in [5.41, 5.74) is 3.13. The molecule has 2 fully saturated rings. The molecule has 1 saturated carbocycles. The number of fused-ring (bicyclic) bond motifs is 1. The second-order valence-electron chi connectivity index (χ2n) is 8.55. The Bertz CT molecular complexity index is 989. The standard InChI is InChI=1S/C23H28N4O/c1-16-14-25-22(27(16)15-18-5-6-18)13-17-8-11-26(12-9-17)23(28)20-3-2-4-21-19(20)7-10-24-21/h2-4,7,10,14,17-18,24H,5-6,8-9,11-13,15H2,1H3. The maximum atomic E-state index is 13.1. The average Bonchev–Trinajstić information content (AvgIpc) is 3.30. The minimum atomic E-state index is 0.162. The number of hydrogen-bond acceptors (Lipinski definition) is 2. The van der Waals surface area contributed by atoms with Crippen LogP contribution in [0.5, 0.6) is 0 Å². The molecule has 146 valence electrons. The zero-order chi connectivity index (χ0) is 19.1. The van der Waals surface area contributed by atoms with Crippen LogP contribution >= 0.6 is 0 Å². The van der Waals surface area contributed by atoms with Crippen molar-refractivity contribution < 1.29 is 4.79 Å². The van der Waals surface area contributed by atoms with E-state index in [-0.39, 0.29) is 5.91 Å².